The molecule has 0 aliphatic rings. The van der Waals surface area contributed by atoms with Crippen molar-refractivity contribution >= 4 is 35.7 Å². The van der Waals surface area contributed by atoms with Crippen molar-refractivity contribution in [2.75, 3.05) is 6.61 Å². The Kier molecular flexibility index (Phi) is 5.67. The summed E-state index contributed by atoms with van der Waals surface area (Å²) in [5.41, 5.74) is 1.27. The van der Waals surface area contributed by atoms with E-state index in [1.807, 2.05) is 18.2 Å². The van der Waals surface area contributed by atoms with Crippen LogP contribution in [-0.2, 0) is 15.5 Å². The molecule has 0 aromatic heterocycles. The van der Waals surface area contributed by atoms with E-state index in [1.165, 1.54) is 17.7 Å². The minimum absolute atomic E-state index is 0.0488. The third-order valence-electron chi connectivity index (χ3n) is 2.90. The zero-order valence-electron chi connectivity index (χ0n) is 11.1. The van der Waals surface area contributed by atoms with Gasteiger partial charge in [0.15, 0.2) is 0 Å². The second-order valence-corrected chi connectivity index (χ2v) is 7.89. The highest BCUT2D eigenvalue weighted by molar-refractivity contribution is 9.10. The van der Waals surface area contributed by atoms with E-state index in [1.54, 1.807) is 6.07 Å². The maximum absolute atomic E-state index is 11.2. The molecule has 0 amide bonds. The van der Waals surface area contributed by atoms with Gasteiger partial charge >= 0.3 is 0 Å². The molecule has 0 heterocycles. The Morgan fingerprint density at radius 1 is 1.10 bits per heavy atom. The molecule has 0 aliphatic heterocycles. The molecule has 0 unspecified atom stereocenters. The van der Waals surface area contributed by atoms with Crippen LogP contribution in [0.3, 0.4) is 0 Å². The first kappa shape index (κ1) is 16.3. The SMILES string of the molecule is O=S(=O)(Cl)c1ccc(OCCCc2ccccc2)c(Br)c1. The van der Waals surface area contributed by atoms with Crippen molar-refractivity contribution in [2.45, 2.75) is 17.7 Å². The Balaban J connectivity index is 1.89. The molecule has 3 nitrogen and oxygen atoms in total. The molecule has 0 atom stereocenters. The summed E-state index contributed by atoms with van der Waals surface area (Å²) in [6, 6.07) is 14.6. The van der Waals surface area contributed by atoms with Gasteiger partial charge in [-0.15, -0.1) is 0 Å². The Hall–Kier alpha value is -1.04. The molecule has 0 spiro atoms. The van der Waals surface area contributed by atoms with Crippen molar-refractivity contribution in [1.29, 1.82) is 0 Å². The highest BCUT2D eigenvalue weighted by atomic mass is 79.9. The second-order valence-electron chi connectivity index (χ2n) is 4.47. The van der Waals surface area contributed by atoms with Crippen LogP contribution in [0, 0.1) is 0 Å². The summed E-state index contributed by atoms with van der Waals surface area (Å²) < 4.78 is 28.6. The molecule has 2 rings (SSSR count). The smallest absolute Gasteiger partial charge is 0.261 e. The largest absolute Gasteiger partial charge is 0.492 e. The first-order valence-corrected chi connectivity index (χ1v) is 9.48. The van der Waals surface area contributed by atoms with Gasteiger partial charge in [-0.3, -0.25) is 0 Å². The number of ether oxygens (including phenoxy) is 1. The first-order chi connectivity index (χ1) is 9.97. The van der Waals surface area contributed by atoms with Gasteiger partial charge in [-0.05, 0) is 52.5 Å². The summed E-state index contributed by atoms with van der Waals surface area (Å²) in [7, 11) is 1.57. The molecular weight excluding hydrogens is 376 g/mol. The summed E-state index contributed by atoms with van der Waals surface area (Å²) in [5, 5.41) is 0. The van der Waals surface area contributed by atoms with Crippen LogP contribution in [0.2, 0.25) is 0 Å². The van der Waals surface area contributed by atoms with E-state index in [0.29, 0.717) is 16.8 Å². The molecule has 0 aliphatic carbocycles. The molecular formula is C15H14BrClO3S. The van der Waals surface area contributed by atoms with E-state index in [9.17, 15) is 8.42 Å². The van der Waals surface area contributed by atoms with Gasteiger partial charge in [-0.2, -0.15) is 0 Å². The maximum Gasteiger partial charge on any atom is 0.261 e. The molecule has 0 N–H and O–H groups in total. The van der Waals surface area contributed by atoms with Crippen LogP contribution in [-0.4, -0.2) is 15.0 Å². The number of benzene rings is 2. The predicted octanol–water partition coefficient (Wildman–Crippen LogP) is 4.39. The van der Waals surface area contributed by atoms with Crippen molar-refractivity contribution < 1.29 is 13.2 Å². The highest BCUT2D eigenvalue weighted by Gasteiger charge is 2.12. The fourth-order valence-electron chi connectivity index (χ4n) is 1.85. The average Bonchev–Trinajstić information content (AvgIpc) is 2.45. The molecule has 0 saturated carbocycles. The zero-order valence-corrected chi connectivity index (χ0v) is 14.3. The van der Waals surface area contributed by atoms with Gasteiger partial charge in [0, 0.05) is 10.7 Å². The fraction of sp³-hybridized carbons (Fsp3) is 0.200. The fourth-order valence-corrected chi connectivity index (χ4v) is 3.28. The minimum Gasteiger partial charge on any atom is -0.492 e. The molecule has 0 radical (unpaired) electrons. The molecule has 2 aromatic rings. The lowest BCUT2D eigenvalue weighted by Crippen LogP contribution is -2.00. The zero-order chi connectivity index (χ0) is 15.3. The van der Waals surface area contributed by atoms with Gasteiger partial charge in [-0.25, -0.2) is 8.42 Å². The standard InChI is InChI=1S/C15H14BrClO3S/c16-14-11-13(21(17,18)19)8-9-15(14)20-10-4-7-12-5-2-1-3-6-12/h1-3,5-6,8-9,11H,4,7,10H2. The van der Waals surface area contributed by atoms with Gasteiger partial charge in [0.2, 0.25) is 0 Å². The molecule has 112 valence electrons. The van der Waals surface area contributed by atoms with E-state index in [0.717, 1.165) is 12.8 Å². The lowest BCUT2D eigenvalue weighted by Gasteiger charge is -2.09. The monoisotopic (exact) mass is 388 g/mol. The Morgan fingerprint density at radius 2 is 1.81 bits per heavy atom. The normalized spacial score (nSPS) is 11.3. The summed E-state index contributed by atoms with van der Waals surface area (Å²) >= 11 is 3.29. The van der Waals surface area contributed by atoms with Crippen LogP contribution >= 0.6 is 26.6 Å². The van der Waals surface area contributed by atoms with Crippen molar-refractivity contribution in [3.63, 3.8) is 0 Å². The van der Waals surface area contributed by atoms with Gasteiger partial charge < -0.3 is 4.74 Å². The highest BCUT2D eigenvalue weighted by Crippen LogP contribution is 2.29. The quantitative estimate of drug-likeness (QED) is 0.543. The number of hydrogen-bond donors (Lipinski definition) is 0. The summed E-state index contributed by atoms with van der Waals surface area (Å²) in [5.74, 6) is 0.604. The van der Waals surface area contributed by atoms with E-state index in [2.05, 4.69) is 28.1 Å². The van der Waals surface area contributed by atoms with Crippen LogP contribution in [0.4, 0.5) is 0 Å². The Morgan fingerprint density at radius 3 is 2.43 bits per heavy atom. The number of rotatable bonds is 6. The lowest BCUT2D eigenvalue weighted by molar-refractivity contribution is 0.309. The molecule has 21 heavy (non-hydrogen) atoms. The lowest BCUT2D eigenvalue weighted by atomic mass is 10.1. The molecule has 2 aromatic carbocycles. The minimum atomic E-state index is -3.72. The van der Waals surface area contributed by atoms with Crippen LogP contribution in [0.15, 0.2) is 57.9 Å². The predicted molar refractivity (Wildman–Crippen MR) is 87.4 cm³/mol. The summed E-state index contributed by atoms with van der Waals surface area (Å²) in [4.78, 5) is 0.0488. The average molecular weight is 390 g/mol. The van der Waals surface area contributed by atoms with Crippen molar-refractivity contribution in [2.24, 2.45) is 0 Å². The topological polar surface area (TPSA) is 43.4 Å². The molecule has 0 fully saturated rings. The Labute approximate surface area is 137 Å². The van der Waals surface area contributed by atoms with Crippen LogP contribution < -0.4 is 4.74 Å². The molecule has 0 saturated heterocycles. The third kappa shape index (κ3) is 5.02. The summed E-state index contributed by atoms with van der Waals surface area (Å²) in [6.45, 7) is 0.556. The number of halogens is 2. The van der Waals surface area contributed by atoms with Gasteiger partial charge in [0.25, 0.3) is 9.05 Å². The van der Waals surface area contributed by atoms with Crippen LogP contribution in [0.1, 0.15) is 12.0 Å². The molecule has 0 bridgehead atoms. The summed E-state index contributed by atoms with van der Waals surface area (Å²) in [6.07, 6.45) is 1.82. The van der Waals surface area contributed by atoms with E-state index in [-0.39, 0.29) is 4.90 Å². The van der Waals surface area contributed by atoms with Crippen molar-refractivity contribution in [3.05, 3.63) is 58.6 Å². The van der Waals surface area contributed by atoms with Gasteiger partial charge in [-0.1, -0.05) is 30.3 Å². The van der Waals surface area contributed by atoms with E-state index in [4.69, 9.17) is 15.4 Å². The van der Waals surface area contributed by atoms with E-state index < -0.39 is 9.05 Å². The van der Waals surface area contributed by atoms with E-state index >= 15 is 0 Å². The van der Waals surface area contributed by atoms with Crippen LogP contribution in [0.25, 0.3) is 0 Å². The number of aryl methyl sites for hydroxylation is 1. The Bertz CT molecular complexity index is 702. The van der Waals surface area contributed by atoms with Gasteiger partial charge in [0.05, 0.1) is 16.0 Å². The third-order valence-corrected chi connectivity index (χ3v) is 4.87. The number of hydrogen-bond acceptors (Lipinski definition) is 3. The maximum atomic E-state index is 11.2. The van der Waals surface area contributed by atoms with Crippen LogP contribution in [0.5, 0.6) is 5.75 Å². The van der Waals surface area contributed by atoms with Crippen molar-refractivity contribution in [3.8, 4) is 5.75 Å². The first-order valence-electron chi connectivity index (χ1n) is 6.38. The van der Waals surface area contributed by atoms with Gasteiger partial charge in [0.1, 0.15) is 5.75 Å². The second kappa shape index (κ2) is 7.29. The molecule has 6 heteroatoms. The van der Waals surface area contributed by atoms with Crippen molar-refractivity contribution in [1.82, 2.24) is 0 Å².